The van der Waals surface area contributed by atoms with E-state index in [0.717, 1.165) is 42.8 Å². The predicted molar refractivity (Wildman–Crippen MR) is 122 cm³/mol. The Labute approximate surface area is 184 Å². The summed E-state index contributed by atoms with van der Waals surface area (Å²) >= 11 is 0. The van der Waals surface area contributed by atoms with Gasteiger partial charge >= 0.3 is 5.97 Å². The van der Waals surface area contributed by atoms with Crippen LogP contribution in [0.25, 0.3) is 6.08 Å². The van der Waals surface area contributed by atoms with Gasteiger partial charge in [0.1, 0.15) is 17.6 Å². The molecule has 164 valence electrons. The van der Waals surface area contributed by atoms with Gasteiger partial charge < -0.3 is 13.9 Å². The fourth-order valence-corrected chi connectivity index (χ4v) is 6.26. The summed E-state index contributed by atoms with van der Waals surface area (Å²) in [6, 6.07) is 10.3. The molecule has 1 saturated carbocycles. The second-order valence-electron chi connectivity index (χ2n) is 9.43. The van der Waals surface area contributed by atoms with Gasteiger partial charge in [-0.25, -0.2) is 0 Å². The molecule has 2 aromatic rings. The van der Waals surface area contributed by atoms with Gasteiger partial charge in [0.2, 0.25) is 0 Å². The van der Waals surface area contributed by atoms with Crippen LogP contribution < -0.4 is 4.74 Å². The fourth-order valence-electron chi connectivity index (χ4n) is 6.26. The molecule has 4 unspecified atom stereocenters. The van der Waals surface area contributed by atoms with E-state index in [4.69, 9.17) is 13.9 Å². The minimum absolute atomic E-state index is 0.116. The van der Waals surface area contributed by atoms with Crippen LogP contribution in [0.5, 0.6) is 5.75 Å². The minimum Gasteiger partial charge on any atom is -0.497 e. The third-order valence-corrected chi connectivity index (χ3v) is 7.45. The number of allylic oxidation sites excluding steroid dienone is 1. The minimum atomic E-state index is -0.321. The third kappa shape index (κ3) is 3.62. The highest BCUT2D eigenvalue weighted by Gasteiger charge is 2.58. The van der Waals surface area contributed by atoms with Crippen LogP contribution in [-0.4, -0.2) is 19.2 Å². The number of esters is 1. The van der Waals surface area contributed by atoms with E-state index in [1.165, 1.54) is 18.1 Å². The van der Waals surface area contributed by atoms with Gasteiger partial charge in [-0.15, -0.1) is 6.58 Å². The molecule has 0 radical (unpaired) electrons. The van der Waals surface area contributed by atoms with Crippen molar-refractivity contribution in [2.75, 3.05) is 7.11 Å². The molecule has 4 heteroatoms. The molecule has 1 aromatic heterocycles. The van der Waals surface area contributed by atoms with Gasteiger partial charge in [0.15, 0.2) is 0 Å². The molecule has 0 bridgehead atoms. The number of ether oxygens (including phenoxy) is 2. The Morgan fingerprint density at radius 3 is 2.77 bits per heavy atom. The average Bonchev–Trinajstić information content (AvgIpc) is 3.24. The Hall–Kier alpha value is -2.75. The smallest absolute Gasteiger partial charge is 0.303 e. The summed E-state index contributed by atoms with van der Waals surface area (Å²) in [4.78, 5) is 12.2. The van der Waals surface area contributed by atoms with Crippen LogP contribution in [0.15, 0.2) is 59.2 Å². The summed E-state index contributed by atoms with van der Waals surface area (Å²) in [7, 11) is 1.71. The second kappa shape index (κ2) is 8.07. The van der Waals surface area contributed by atoms with Crippen LogP contribution in [0, 0.1) is 11.3 Å². The van der Waals surface area contributed by atoms with Crippen LogP contribution in [0.4, 0.5) is 0 Å². The van der Waals surface area contributed by atoms with E-state index < -0.39 is 0 Å². The molecule has 0 saturated heterocycles. The standard InChI is InChI=1S/C27H32O4/c1-6-13-26(3)24-12-10-19-9-11-21(29-5)16-23(19)27(24,4)17-20(25(26)31-18(2)28)15-22-8-7-14-30-22/h6-9,11,14-16,24-25H,1,10,12-13,17H2,2-5H3. The summed E-state index contributed by atoms with van der Waals surface area (Å²) in [6.45, 7) is 10.2. The molecule has 31 heavy (non-hydrogen) atoms. The largest absolute Gasteiger partial charge is 0.497 e. The number of carbonyl (C=O) groups is 1. The highest BCUT2D eigenvalue weighted by atomic mass is 16.5. The number of hydrogen-bond donors (Lipinski definition) is 0. The van der Waals surface area contributed by atoms with E-state index >= 15 is 0 Å². The number of carbonyl (C=O) groups excluding carboxylic acids is 1. The van der Waals surface area contributed by atoms with Crippen molar-refractivity contribution in [1.82, 2.24) is 0 Å². The molecule has 0 N–H and O–H groups in total. The van der Waals surface area contributed by atoms with E-state index in [0.29, 0.717) is 5.92 Å². The number of hydrogen-bond acceptors (Lipinski definition) is 4. The Bertz CT molecular complexity index is 1000. The lowest BCUT2D eigenvalue weighted by molar-refractivity contribution is -0.157. The number of fused-ring (bicyclic) bond motifs is 3. The van der Waals surface area contributed by atoms with Crippen LogP contribution in [0.2, 0.25) is 0 Å². The van der Waals surface area contributed by atoms with Crippen LogP contribution in [0.3, 0.4) is 0 Å². The molecule has 0 aliphatic heterocycles. The lowest BCUT2D eigenvalue weighted by Crippen LogP contribution is -2.57. The molecule has 1 heterocycles. The van der Waals surface area contributed by atoms with Crippen LogP contribution in [-0.2, 0) is 21.4 Å². The van der Waals surface area contributed by atoms with Crippen molar-refractivity contribution in [3.8, 4) is 5.75 Å². The molecule has 2 aliphatic carbocycles. The molecule has 0 spiro atoms. The summed E-state index contributed by atoms with van der Waals surface area (Å²) in [5, 5.41) is 0. The van der Waals surface area contributed by atoms with Crippen molar-refractivity contribution < 1.29 is 18.7 Å². The van der Waals surface area contributed by atoms with Gasteiger partial charge in [0.05, 0.1) is 13.4 Å². The van der Waals surface area contributed by atoms with E-state index in [9.17, 15) is 4.79 Å². The number of methoxy groups -OCH3 is 1. The maximum atomic E-state index is 12.2. The van der Waals surface area contributed by atoms with Gasteiger partial charge in [0.25, 0.3) is 0 Å². The number of benzene rings is 1. The first-order valence-corrected chi connectivity index (χ1v) is 11.0. The normalized spacial score (nSPS) is 30.9. The molecule has 1 fully saturated rings. The van der Waals surface area contributed by atoms with Crippen molar-refractivity contribution in [1.29, 1.82) is 0 Å². The van der Waals surface area contributed by atoms with Crippen molar-refractivity contribution in [2.24, 2.45) is 11.3 Å². The highest BCUT2D eigenvalue weighted by molar-refractivity contribution is 5.67. The van der Waals surface area contributed by atoms with E-state index in [1.54, 1.807) is 13.4 Å². The zero-order valence-electron chi connectivity index (χ0n) is 18.9. The zero-order valence-corrected chi connectivity index (χ0v) is 18.9. The first-order chi connectivity index (χ1) is 14.8. The summed E-state index contributed by atoms with van der Waals surface area (Å²) in [6.07, 6.45) is 8.99. The quantitative estimate of drug-likeness (QED) is 0.432. The molecule has 4 atom stereocenters. The maximum Gasteiger partial charge on any atom is 0.303 e. The van der Waals surface area contributed by atoms with Gasteiger partial charge in [-0.05, 0) is 78.6 Å². The lowest BCUT2D eigenvalue weighted by atomic mass is 9.47. The number of rotatable bonds is 5. The molecule has 4 nitrogen and oxygen atoms in total. The monoisotopic (exact) mass is 420 g/mol. The molecule has 1 aromatic carbocycles. The Balaban J connectivity index is 1.91. The first-order valence-electron chi connectivity index (χ1n) is 11.0. The Kier molecular flexibility index (Phi) is 5.59. The van der Waals surface area contributed by atoms with Gasteiger partial charge in [0, 0.05) is 17.8 Å². The second-order valence-corrected chi connectivity index (χ2v) is 9.43. The van der Waals surface area contributed by atoms with Gasteiger partial charge in [-0.1, -0.05) is 26.0 Å². The Morgan fingerprint density at radius 2 is 2.13 bits per heavy atom. The number of furan rings is 1. The van der Waals surface area contributed by atoms with E-state index in [2.05, 4.69) is 44.7 Å². The van der Waals surface area contributed by atoms with Crippen molar-refractivity contribution >= 4 is 12.0 Å². The van der Waals surface area contributed by atoms with Crippen LogP contribution in [0.1, 0.15) is 56.9 Å². The van der Waals surface area contributed by atoms with Gasteiger partial charge in [-0.3, -0.25) is 4.79 Å². The lowest BCUT2D eigenvalue weighted by Gasteiger charge is -2.58. The van der Waals surface area contributed by atoms with Gasteiger partial charge in [-0.2, -0.15) is 0 Å². The SMILES string of the molecule is C=CCC1(C)C(OC(C)=O)C(=Cc2ccco2)CC2(C)c3cc(OC)ccc3CCC21. The number of aryl methyl sites for hydroxylation is 1. The van der Waals surface area contributed by atoms with Crippen LogP contribution >= 0.6 is 0 Å². The van der Waals surface area contributed by atoms with E-state index in [1.807, 2.05) is 18.2 Å². The molecule has 4 rings (SSSR count). The third-order valence-electron chi connectivity index (χ3n) is 7.45. The zero-order chi connectivity index (χ0) is 22.2. The summed E-state index contributed by atoms with van der Waals surface area (Å²) < 4.78 is 17.2. The average molecular weight is 421 g/mol. The first kappa shape index (κ1) is 21.5. The van der Waals surface area contributed by atoms with E-state index in [-0.39, 0.29) is 22.9 Å². The van der Waals surface area contributed by atoms with Crippen molar-refractivity contribution in [3.63, 3.8) is 0 Å². The van der Waals surface area contributed by atoms with Crippen molar-refractivity contribution in [3.05, 3.63) is 71.7 Å². The predicted octanol–water partition coefficient (Wildman–Crippen LogP) is 6.11. The maximum absolute atomic E-state index is 12.2. The summed E-state index contributed by atoms with van der Waals surface area (Å²) in [5.74, 6) is 1.73. The fraction of sp³-hybridized carbons (Fsp3) is 0.444. The van der Waals surface area contributed by atoms with Crippen molar-refractivity contribution in [2.45, 2.75) is 58.0 Å². The molecule has 0 amide bonds. The highest BCUT2D eigenvalue weighted by Crippen LogP contribution is 2.61. The Morgan fingerprint density at radius 1 is 1.32 bits per heavy atom. The molecular weight excluding hydrogens is 388 g/mol. The molecule has 2 aliphatic rings. The topological polar surface area (TPSA) is 48.7 Å². The molecular formula is C27H32O4. The summed E-state index contributed by atoms with van der Waals surface area (Å²) in [5.41, 5.74) is 3.41.